The Labute approximate surface area is 353 Å². The number of benzene rings is 2. The summed E-state index contributed by atoms with van der Waals surface area (Å²) in [5, 5.41) is 10.1. The number of anilines is 4. The molecule has 4 N–H and O–H groups in total. The zero-order valence-corrected chi connectivity index (χ0v) is 34.7. The molecule has 5 saturated heterocycles. The molecule has 7 heterocycles. The second-order valence-electron chi connectivity index (χ2n) is 17.1. The molecule has 9 rings (SSSR count). The number of nitrogens with two attached hydrogens (primary N) is 1. The predicted octanol–water partition coefficient (Wildman–Crippen LogP) is 2.51. The number of nitrogens with zero attached hydrogens (tertiary/aromatic N) is 10. The van der Waals surface area contributed by atoms with Crippen LogP contribution in [-0.2, 0) is 16.6 Å². The molecule has 4 aromatic rings. The Bertz CT molecular complexity index is 2370. The van der Waals surface area contributed by atoms with Crippen LogP contribution in [0.25, 0.3) is 11.4 Å². The SMILES string of the molecule is CN1CCN([C@H]2CCCN(c3cnc(C(N)=O)c(Nc4ccc(C5CCN(CC6CN(c7ccc(-c8nn(C9CCC(=O)NC9=O)c(=O)n8C)cc7)C6)CC5)cc4)n3)C2)C1=O. The zero-order chi connectivity index (χ0) is 42.4. The van der Waals surface area contributed by atoms with Gasteiger partial charge < -0.3 is 35.6 Å². The quantitative estimate of drug-likeness (QED) is 0.187. The van der Waals surface area contributed by atoms with Crippen LogP contribution in [0.5, 0.6) is 0 Å². The maximum atomic E-state index is 13.0. The molecule has 2 aromatic carbocycles. The third kappa shape index (κ3) is 8.15. The molecule has 61 heavy (non-hydrogen) atoms. The molecule has 18 heteroatoms. The van der Waals surface area contributed by atoms with E-state index in [-0.39, 0.29) is 36.5 Å². The second-order valence-corrected chi connectivity index (χ2v) is 17.1. The molecule has 0 bridgehead atoms. The van der Waals surface area contributed by atoms with Crippen LogP contribution in [0.3, 0.4) is 0 Å². The number of carbonyl (C=O) groups excluding carboxylic acids is 4. The number of amides is 5. The van der Waals surface area contributed by atoms with Gasteiger partial charge in [0, 0.05) is 89.2 Å². The lowest BCUT2D eigenvalue weighted by Gasteiger charge is -2.44. The summed E-state index contributed by atoms with van der Waals surface area (Å²) in [6, 6.07) is 15.8. The molecule has 2 aromatic heterocycles. The van der Waals surface area contributed by atoms with E-state index >= 15 is 0 Å². The van der Waals surface area contributed by atoms with Crippen molar-refractivity contribution in [1.29, 1.82) is 0 Å². The van der Waals surface area contributed by atoms with Crippen molar-refractivity contribution >= 4 is 46.8 Å². The van der Waals surface area contributed by atoms with E-state index in [1.165, 1.54) is 14.8 Å². The first-order valence-electron chi connectivity index (χ1n) is 21.4. The lowest BCUT2D eigenvalue weighted by molar-refractivity contribution is -0.136. The molecule has 0 saturated carbocycles. The van der Waals surface area contributed by atoms with Crippen LogP contribution >= 0.6 is 0 Å². The smallest absolute Gasteiger partial charge is 0.346 e. The first-order valence-corrected chi connectivity index (χ1v) is 21.4. The number of piperidine rings is 3. The van der Waals surface area contributed by atoms with Gasteiger partial charge in [0.1, 0.15) is 11.9 Å². The molecule has 0 spiro atoms. The van der Waals surface area contributed by atoms with Gasteiger partial charge in [0.25, 0.3) is 11.8 Å². The minimum atomic E-state index is -0.799. The summed E-state index contributed by atoms with van der Waals surface area (Å²) >= 11 is 0. The van der Waals surface area contributed by atoms with E-state index in [4.69, 9.17) is 10.7 Å². The minimum absolute atomic E-state index is 0.0663. The first-order chi connectivity index (χ1) is 29.5. The number of nitrogens with one attached hydrogen (secondary N) is 2. The highest BCUT2D eigenvalue weighted by Crippen LogP contribution is 2.33. The summed E-state index contributed by atoms with van der Waals surface area (Å²) in [6.07, 6.45) is 6.06. The topological polar surface area (TPSA) is 200 Å². The van der Waals surface area contributed by atoms with E-state index in [0.717, 1.165) is 95.0 Å². The molecule has 5 aliphatic rings. The van der Waals surface area contributed by atoms with E-state index in [1.54, 1.807) is 18.1 Å². The maximum absolute atomic E-state index is 13.0. The number of hydrogen-bond acceptors (Lipinski definition) is 12. The highest BCUT2D eigenvalue weighted by Gasteiger charge is 2.36. The number of hydrogen-bond donors (Lipinski definition) is 3. The Kier molecular flexibility index (Phi) is 10.9. The van der Waals surface area contributed by atoms with Crippen LogP contribution in [-0.4, -0.2) is 135 Å². The van der Waals surface area contributed by atoms with Crippen molar-refractivity contribution in [1.82, 2.24) is 44.3 Å². The van der Waals surface area contributed by atoms with Crippen molar-refractivity contribution in [3.05, 3.63) is 76.5 Å². The zero-order valence-electron chi connectivity index (χ0n) is 34.7. The third-order valence-electron chi connectivity index (χ3n) is 13.1. The fourth-order valence-corrected chi connectivity index (χ4v) is 9.56. The van der Waals surface area contributed by atoms with Gasteiger partial charge in [-0.3, -0.25) is 24.3 Å². The van der Waals surface area contributed by atoms with Crippen LogP contribution in [0, 0.1) is 5.92 Å². The van der Waals surface area contributed by atoms with Crippen molar-refractivity contribution in [2.45, 2.75) is 56.5 Å². The standard InChI is InChI=1S/C43H53N13O5/c1-50-20-21-55(42(50)60)33-4-3-17-53(26-33)35-22-45-37(38(44)58)39(47-35)46-31-9-5-28(6-10-31)29-15-18-52(19-16-29)23-27-24-54(25-27)32-11-7-30(8-12-32)40-49-56(43(61)51(40)2)34-13-14-36(57)48-41(34)59/h5-12,22,27,29,33-34H,3-4,13-21,23-26H2,1-2H3,(H2,44,58)(H,46,47)(H,48,57,59)/t33-,34?/m0/s1. The van der Waals surface area contributed by atoms with E-state index in [2.05, 4.69) is 59.7 Å². The van der Waals surface area contributed by atoms with Gasteiger partial charge in [-0.2, -0.15) is 0 Å². The molecule has 5 aliphatic heterocycles. The molecular weight excluding hydrogens is 779 g/mol. The summed E-state index contributed by atoms with van der Waals surface area (Å²) in [6.45, 7) is 8.03. The third-order valence-corrected chi connectivity index (χ3v) is 13.1. The summed E-state index contributed by atoms with van der Waals surface area (Å²) < 4.78 is 2.63. The van der Waals surface area contributed by atoms with Gasteiger partial charge in [0.05, 0.1) is 12.2 Å². The van der Waals surface area contributed by atoms with Crippen molar-refractivity contribution in [3.63, 3.8) is 0 Å². The molecule has 0 aliphatic carbocycles. The molecule has 5 amide bonds. The fourth-order valence-electron chi connectivity index (χ4n) is 9.56. The molecule has 320 valence electrons. The lowest BCUT2D eigenvalue weighted by atomic mass is 9.88. The molecule has 2 atom stereocenters. The van der Waals surface area contributed by atoms with Gasteiger partial charge in [0.15, 0.2) is 17.3 Å². The van der Waals surface area contributed by atoms with Crippen molar-refractivity contribution < 1.29 is 19.2 Å². The Morgan fingerprint density at radius 3 is 2.31 bits per heavy atom. The molecule has 5 fully saturated rings. The van der Waals surface area contributed by atoms with Gasteiger partial charge in [-0.15, -0.1) is 5.10 Å². The molecular formula is C43H53N13O5. The summed E-state index contributed by atoms with van der Waals surface area (Å²) in [5.41, 5.74) is 9.41. The van der Waals surface area contributed by atoms with Gasteiger partial charge in [0.2, 0.25) is 5.91 Å². The van der Waals surface area contributed by atoms with Gasteiger partial charge in [-0.1, -0.05) is 12.1 Å². The summed E-state index contributed by atoms with van der Waals surface area (Å²) in [5.74, 6) is 1.02. The number of likely N-dealkylation sites (tertiary alicyclic amines) is 1. The number of rotatable bonds is 11. The monoisotopic (exact) mass is 831 g/mol. The van der Waals surface area contributed by atoms with Crippen molar-refractivity contribution in [2.75, 3.05) is 81.1 Å². The number of urea groups is 1. The van der Waals surface area contributed by atoms with E-state index < -0.39 is 23.5 Å². The molecule has 18 nitrogen and oxygen atoms in total. The number of primary amides is 1. The van der Waals surface area contributed by atoms with Gasteiger partial charge >= 0.3 is 11.7 Å². The Balaban J connectivity index is 0.750. The van der Waals surface area contributed by atoms with Crippen LogP contribution < -0.4 is 31.9 Å². The number of imide groups is 1. The Morgan fingerprint density at radius 1 is 0.869 bits per heavy atom. The van der Waals surface area contributed by atoms with E-state index in [1.807, 2.05) is 36.2 Å². The van der Waals surface area contributed by atoms with E-state index in [0.29, 0.717) is 35.8 Å². The number of likely N-dealkylation sites (N-methyl/N-ethyl adjacent to an activating group) is 1. The number of aromatic nitrogens is 5. The van der Waals surface area contributed by atoms with Crippen LogP contribution in [0.1, 0.15) is 66.5 Å². The summed E-state index contributed by atoms with van der Waals surface area (Å²) in [4.78, 5) is 82.0. The lowest BCUT2D eigenvalue weighted by Crippen LogP contribution is -2.52. The summed E-state index contributed by atoms with van der Waals surface area (Å²) in [7, 11) is 3.48. The van der Waals surface area contributed by atoms with Crippen LogP contribution in [0.4, 0.5) is 27.8 Å². The van der Waals surface area contributed by atoms with Gasteiger partial charge in [-0.25, -0.2) is 24.2 Å². The van der Waals surface area contributed by atoms with Gasteiger partial charge in [-0.05, 0) is 93.1 Å². The maximum Gasteiger partial charge on any atom is 0.346 e. The van der Waals surface area contributed by atoms with Crippen molar-refractivity contribution in [2.24, 2.45) is 18.7 Å². The normalized spacial score (nSPS) is 21.8. The molecule has 1 unspecified atom stereocenters. The largest absolute Gasteiger partial charge is 0.371 e. The van der Waals surface area contributed by atoms with Crippen LogP contribution in [0.2, 0.25) is 0 Å². The average molecular weight is 832 g/mol. The van der Waals surface area contributed by atoms with Crippen molar-refractivity contribution in [3.8, 4) is 11.4 Å². The highest BCUT2D eigenvalue weighted by molar-refractivity contribution is 5.99. The average Bonchev–Trinajstić information content (AvgIpc) is 3.75. The Hall–Kier alpha value is -6.30. The predicted molar refractivity (Wildman–Crippen MR) is 229 cm³/mol. The van der Waals surface area contributed by atoms with E-state index in [9.17, 15) is 24.0 Å². The first kappa shape index (κ1) is 40.1. The fraction of sp³-hybridized carbons (Fsp3) is 0.488. The highest BCUT2D eigenvalue weighted by atomic mass is 16.2. The minimum Gasteiger partial charge on any atom is -0.371 e. The van der Waals surface area contributed by atoms with Crippen LogP contribution in [0.15, 0.2) is 59.5 Å². The second kappa shape index (κ2) is 16.6. The molecule has 0 radical (unpaired) electrons. The Morgan fingerprint density at radius 2 is 1.62 bits per heavy atom. The number of carbonyl (C=O) groups is 4.